The predicted molar refractivity (Wildman–Crippen MR) is 65.2 cm³/mol. The van der Waals surface area contributed by atoms with E-state index in [1.807, 2.05) is 24.3 Å². The number of nitrogens with zero attached hydrogens (tertiary/aromatic N) is 1. The van der Waals surface area contributed by atoms with E-state index in [-0.39, 0.29) is 5.91 Å². The van der Waals surface area contributed by atoms with Crippen LogP contribution in [0, 0.1) is 3.57 Å². The molecular weight excluding hydrogens is 305 g/mol. The fraction of sp³-hybridized carbons (Fsp3) is 0.182. The van der Waals surface area contributed by atoms with Gasteiger partial charge in [0.25, 0.3) is 5.91 Å². The molecule has 1 aromatic carbocycles. The van der Waals surface area contributed by atoms with Crippen molar-refractivity contribution in [1.29, 1.82) is 0 Å². The van der Waals surface area contributed by atoms with Gasteiger partial charge in [0.15, 0.2) is 0 Å². The summed E-state index contributed by atoms with van der Waals surface area (Å²) < 4.78 is 1.14. The molecule has 0 bridgehead atoms. The fourth-order valence-corrected chi connectivity index (χ4v) is 2.10. The molecule has 0 radical (unpaired) electrons. The number of allylic oxidation sites excluding steroid dienone is 1. The zero-order chi connectivity index (χ0) is 10.8. The number of halogens is 1. The summed E-state index contributed by atoms with van der Waals surface area (Å²) in [6, 6.07) is 5.80. The van der Waals surface area contributed by atoms with Crippen molar-refractivity contribution in [3.8, 4) is 0 Å². The lowest BCUT2D eigenvalue weighted by Crippen LogP contribution is -2.24. The maximum atomic E-state index is 11.9. The highest BCUT2D eigenvalue weighted by atomic mass is 127. The largest absolute Gasteiger partial charge is 0.281 e. The van der Waals surface area contributed by atoms with Crippen molar-refractivity contribution in [3.63, 3.8) is 0 Å². The number of hydroxylamine groups is 2. The van der Waals surface area contributed by atoms with Gasteiger partial charge < -0.3 is 0 Å². The first kappa shape index (κ1) is 10.6. The average molecular weight is 315 g/mol. The lowest BCUT2D eigenvalue weighted by atomic mass is 10.1. The van der Waals surface area contributed by atoms with Crippen LogP contribution in [0.3, 0.4) is 0 Å². The highest BCUT2D eigenvalue weighted by Gasteiger charge is 2.19. The van der Waals surface area contributed by atoms with Crippen LogP contribution in [-0.4, -0.2) is 18.1 Å². The van der Waals surface area contributed by atoms with E-state index in [2.05, 4.69) is 22.6 Å². The second-order valence-electron chi connectivity index (χ2n) is 3.20. The zero-order valence-electron chi connectivity index (χ0n) is 8.24. The molecule has 1 aromatic rings. The summed E-state index contributed by atoms with van der Waals surface area (Å²) >= 11 is 2.24. The molecule has 1 heterocycles. The van der Waals surface area contributed by atoms with Crippen molar-refractivity contribution in [3.05, 3.63) is 45.2 Å². The molecule has 78 valence electrons. The Morgan fingerprint density at radius 3 is 3.00 bits per heavy atom. The lowest BCUT2D eigenvalue weighted by molar-refractivity contribution is -0.0583. The van der Waals surface area contributed by atoms with E-state index >= 15 is 0 Å². The molecule has 0 N–H and O–H groups in total. The number of carbonyl (C=O) groups is 1. The minimum atomic E-state index is -0.113. The third kappa shape index (κ3) is 2.05. The van der Waals surface area contributed by atoms with Crippen molar-refractivity contribution in [2.75, 3.05) is 7.11 Å². The van der Waals surface area contributed by atoms with Crippen molar-refractivity contribution < 1.29 is 9.63 Å². The van der Waals surface area contributed by atoms with Gasteiger partial charge in [-0.25, -0.2) is 0 Å². The Balaban J connectivity index is 2.48. The Morgan fingerprint density at radius 1 is 1.47 bits per heavy atom. The second kappa shape index (κ2) is 4.32. The van der Waals surface area contributed by atoms with Gasteiger partial charge in [-0.3, -0.25) is 9.63 Å². The third-order valence-corrected chi connectivity index (χ3v) is 2.94. The van der Waals surface area contributed by atoms with Gasteiger partial charge in [-0.15, -0.1) is 0 Å². The number of hydrogen-bond donors (Lipinski definition) is 0. The summed E-state index contributed by atoms with van der Waals surface area (Å²) in [5, 5.41) is 1.25. The van der Waals surface area contributed by atoms with Gasteiger partial charge in [-0.1, -0.05) is 6.08 Å². The predicted octanol–water partition coefficient (Wildman–Crippen LogP) is 2.36. The normalized spacial score (nSPS) is 15.1. The number of hydrogen-bond acceptors (Lipinski definition) is 2. The van der Waals surface area contributed by atoms with Crippen LogP contribution >= 0.6 is 22.6 Å². The van der Waals surface area contributed by atoms with Crippen molar-refractivity contribution in [2.24, 2.45) is 0 Å². The zero-order valence-corrected chi connectivity index (χ0v) is 10.4. The van der Waals surface area contributed by atoms with E-state index in [0.717, 1.165) is 15.6 Å². The molecule has 0 fully saturated rings. The molecule has 0 saturated heterocycles. The second-order valence-corrected chi connectivity index (χ2v) is 4.45. The molecule has 1 aliphatic rings. The first-order chi connectivity index (χ1) is 7.22. The Labute approximate surface area is 102 Å². The first-order valence-electron chi connectivity index (χ1n) is 4.55. The van der Waals surface area contributed by atoms with E-state index in [1.54, 1.807) is 6.20 Å². The third-order valence-electron chi connectivity index (χ3n) is 2.27. The Hall–Kier alpha value is -0.880. The van der Waals surface area contributed by atoms with Crippen LogP contribution in [0.2, 0.25) is 0 Å². The molecule has 0 unspecified atom stereocenters. The SMILES string of the molecule is CON1C=CCc2cc(I)ccc2C1=O. The van der Waals surface area contributed by atoms with Crippen LogP contribution in [0.25, 0.3) is 0 Å². The van der Waals surface area contributed by atoms with Crippen molar-refractivity contribution in [1.82, 2.24) is 5.06 Å². The average Bonchev–Trinajstić information content (AvgIpc) is 2.37. The van der Waals surface area contributed by atoms with E-state index in [0.29, 0.717) is 5.56 Å². The van der Waals surface area contributed by atoms with Crippen molar-refractivity contribution >= 4 is 28.5 Å². The summed E-state index contributed by atoms with van der Waals surface area (Å²) in [5.74, 6) is -0.113. The molecule has 0 aromatic heterocycles. The highest BCUT2D eigenvalue weighted by Crippen LogP contribution is 2.19. The molecule has 0 atom stereocenters. The van der Waals surface area contributed by atoms with Gasteiger partial charge in [0, 0.05) is 15.3 Å². The minimum absolute atomic E-state index is 0.113. The summed E-state index contributed by atoms with van der Waals surface area (Å²) in [7, 11) is 1.49. The molecule has 1 amide bonds. The van der Waals surface area contributed by atoms with Crippen molar-refractivity contribution in [2.45, 2.75) is 6.42 Å². The summed E-state index contributed by atoms with van der Waals surface area (Å²) in [5.41, 5.74) is 1.75. The molecule has 0 aliphatic carbocycles. The molecule has 15 heavy (non-hydrogen) atoms. The van der Waals surface area contributed by atoms with Gasteiger partial charge in [-0.05, 0) is 52.8 Å². The van der Waals surface area contributed by atoms with Gasteiger partial charge in [0.1, 0.15) is 0 Å². The van der Waals surface area contributed by atoms with E-state index in [1.165, 1.54) is 12.2 Å². The standard InChI is InChI=1S/C11H10INO2/c1-15-13-6-2-3-8-7-9(12)4-5-10(8)11(13)14/h2,4-7H,3H2,1H3. The Bertz CT molecular complexity index is 429. The van der Waals surface area contributed by atoms with Gasteiger partial charge in [0.2, 0.25) is 0 Å². The summed E-state index contributed by atoms with van der Waals surface area (Å²) in [6.07, 6.45) is 4.34. The van der Waals surface area contributed by atoms with Gasteiger partial charge >= 0.3 is 0 Å². The monoisotopic (exact) mass is 315 g/mol. The van der Waals surface area contributed by atoms with Crippen LogP contribution in [-0.2, 0) is 11.3 Å². The molecule has 1 aliphatic heterocycles. The minimum Gasteiger partial charge on any atom is -0.270 e. The number of rotatable bonds is 1. The van der Waals surface area contributed by atoms with Crippen LogP contribution in [0.5, 0.6) is 0 Å². The first-order valence-corrected chi connectivity index (χ1v) is 5.63. The maximum absolute atomic E-state index is 11.9. The van der Waals surface area contributed by atoms with E-state index in [4.69, 9.17) is 4.84 Å². The molecule has 0 saturated carbocycles. The lowest BCUT2D eigenvalue weighted by Gasteiger charge is -2.14. The van der Waals surface area contributed by atoms with E-state index in [9.17, 15) is 4.79 Å². The van der Waals surface area contributed by atoms with Gasteiger partial charge in [-0.2, -0.15) is 5.06 Å². The van der Waals surface area contributed by atoms with Crippen LogP contribution in [0.1, 0.15) is 15.9 Å². The molecule has 2 rings (SSSR count). The molecule has 3 nitrogen and oxygen atoms in total. The maximum Gasteiger partial charge on any atom is 0.281 e. The van der Waals surface area contributed by atoms with Gasteiger partial charge in [0.05, 0.1) is 7.11 Å². The number of fused-ring (bicyclic) bond motifs is 1. The van der Waals surface area contributed by atoms with Crippen LogP contribution < -0.4 is 0 Å². The quantitative estimate of drug-likeness (QED) is 0.745. The van der Waals surface area contributed by atoms with Crippen LogP contribution in [0.15, 0.2) is 30.5 Å². The van der Waals surface area contributed by atoms with E-state index < -0.39 is 0 Å². The summed E-state index contributed by atoms with van der Waals surface area (Å²) in [6.45, 7) is 0. The molecule has 0 spiro atoms. The number of benzene rings is 1. The highest BCUT2D eigenvalue weighted by molar-refractivity contribution is 14.1. The summed E-state index contributed by atoms with van der Waals surface area (Å²) in [4.78, 5) is 16.9. The molecule has 4 heteroatoms. The topological polar surface area (TPSA) is 29.5 Å². The van der Waals surface area contributed by atoms with Crippen LogP contribution in [0.4, 0.5) is 0 Å². The number of carbonyl (C=O) groups excluding carboxylic acids is 1. The number of amides is 1. The molecular formula is C11H10INO2. The Kier molecular flexibility index (Phi) is 3.06. The fourth-order valence-electron chi connectivity index (χ4n) is 1.55. The smallest absolute Gasteiger partial charge is 0.270 e. The Morgan fingerprint density at radius 2 is 2.27 bits per heavy atom.